The maximum Gasteiger partial charge on any atom is 0.306 e. The lowest BCUT2D eigenvalue weighted by Crippen LogP contribution is -2.47. The third-order valence-corrected chi connectivity index (χ3v) is 8.45. The van der Waals surface area contributed by atoms with E-state index in [-0.39, 0.29) is 5.92 Å². The molecular weight excluding hydrogens is 388 g/mol. The molecule has 3 fully saturated rings. The van der Waals surface area contributed by atoms with Crippen molar-refractivity contribution < 1.29 is 14.6 Å². The molecule has 2 aromatic rings. The van der Waals surface area contributed by atoms with Crippen molar-refractivity contribution in [3.05, 3.63) is 29.5 Å². The SMILES string of the molecule is COc1cc(C)c2[nH]ccc2c1CN1CCC(C2CC2)C[C@H]1C1CCC(C(=O)O)CC1. The average Bonchev–Trinajstić information content (AvgIpc) is 3.51. The largest absolute Gasteiger partial charge is 0.496 e. The third kappa shape index (κ3) is 4.09. The highest BCUT2D eigenvalue weighted by atomic mass is 16.5. The minimum absolute atomic E-state index is 0.135. The summed E-state index contributed by atoms with van der Waals surface area (Å²) >= 11 is 0. The van der Waals surface area contributed by atoms with Crippen LogP contribution in [0.1, 0.15) is 62.5 Å². The third-order valence-electron chi connectivity index (χ3n) is 8.45. The summed E-state index contributed by atoms with van der Waals surface area (Å²) in [5.74, 6) is 2.69. The molecule has 1 aromatic heterocycles. The molecule has 5 nitrogen and oxygen atoms in total. The summed E-state index contributed by atoms with van der Waals surface area (Å²) in [7, 11) is 1.78. The molecule has 3 aliphatic rings. The normalized spacial score (nSPS) is 29.9. The molecule has 2 N–H and O–H groups in total. The summed E-state index contributed by atoms with van der Waals surface area (Å²) < 4.78 is 5.83. The van der Waals surface area contributed by atoms with E-state index in [1.165, 1.54) is 47.7 Å². The van der Waals surface area contributed by atoms with Gasteiger partial charge in [0, 0.05) is 35.2 Å². The molecule has 0 spiro atoms. The van der Waals surface area contributed by atoms with Crippen molar-refractivity contribution in [2.45, 2.75) is 70.9 Å². The van der Waals surface area contributed by atoms with E-state index in [1.807, 2.05) is 6.20 Å². The second kappa shape index (κ2) is 8.50. The number of aliphatic carboxylic acids is 1. The van der Waals surface area contributed by atoms with Gasteiger partial charge in [-0.05, 0) is 100 Å². The van der Waals surface area contributed by atoms with Gasteiger partial charge in [-0.1, -0.05) is 0 Å². The molecule has 31 heavy (non-hydrogen) atoms. The highest BCUT2D eigenvalue weighted by molar-refractivity contribution is 5.88. The van der Waals surface area contributed by atoms with Crippen molar-refractivity contribution in [1.82, 2.24) is 9.88 Å². The van der Waals surface area contributed by atoms with Crippen LogP contribution in [0, 0.1) is 30.6 Å². The van der Waals surface area contributed by atoms with Crippen molar-refractivity contribution in [3.8, 4) is 5.75 Å². The minimum Gasteiger partial charge on any atom is -0.496 e. The van der Waals surface area contributed by atoms with E-state index >= 15 is 0 Å². The predicted molar refractivity (Wildman–Crippen MR) is 122 cm³/mol. The number of methoxy groups -OCH3 is 1. The number of carboxylic acids is 1. The number of piperidine rings is 1. The van der Waals surface area contributed by atoms with Gasteiger partial charge in [-0.15, -0.1) is 0 Å². The smallest absolute Gasteiger partial charge is 0.306 e. The van der Waals surface area contributed by atoms with Crippen molar-refractivity contribution in [3.63, 3.8) is 0 Å². The second-order valence-electron chi connectivity index (χ2n) is 10.3. The van der Waals surface area contributed by atoms with Crippen LogP contribution in [-0.2, 0) is 11.3 Å². The van der Waals surface area contributed by atoms with Crippen molar-refractivity contribution in [2.24, 2.45) is 23.7 Å². The molecule has 0 radical (unpaired) electrons. The molecule has 2 aliphatic carbocycles. The number of aromatic amines is 1. The number of benzene rings is 1. The number of H-pyrrole nitrogens is 1. The van der Waals surface area contributed by atoms with Gasteiger partial charge in [-0.3, -0.25) is 9.69 Å². The van der Waals surface area contributed by atoms with Gasteiger partial charge in [0.15, 0.2) is 0 Å². The van der Waals surface area contributed by atoms with Crippen LogP contribution in [0.5, 0.6) is 5.75 Å². The quantitative estimate of drug-likeness (QED) is 0.655. The number of nitrogens with zero attached hydrogens (tertiary/aromatic N) is 1. The van der Waals surface area contributed by atoms with Crippen LogP contribution in [0.4, 0.5) is 0 Å². The number of fused-ring (bicyclic) bond motifs is 1. The molecule has 1 unspecified atom stereocenters. The zero-order chi connectivity index (χ0) is 21.5. The summed E-state index contributed by atoms with van der Waals surface area (Å²) in [6.45, 7) is 4.20. The van der Waals surface area contributed by atoms with E-state index in [2.05, 4.69) is 28.9 Å². The van der Waals surface area contributed by atoms with E-state index in [0.717, 1.165) is 56.4 Å². The fraction of sp³-hybridized carbons (Fsp3) is 0.654. The Hall–Kier alpha value is -2.01. The van der Waals surface area contributed by atoms with Gasteiger partial charge in [0.05, 0.1) is 13.0 Å². The molecule has 1 aliphatic heterocycles. The molecule has 5 heteroatoms. The first kappa shape index (κ1) is 20.9. The van der Waals surface area contributed by atoms with Crippen molar-refractivity contribution in [2.75, 3.05) is 13.7 Å². The maximum atomic E-state index is 11.5. The van der Waals surface area contributed by atoms with Gasteiger partial charge >= 0.3 is 5.97 Å². The summed E-state index contributed by atoms with van der Waals surface area (Å²) in [5.41, 5.74) is 3.72. The number of nitrogens with one attached hydrogen (secondary N) is 1. The zero-order valence-corrected chi connectivity index (χ0v) is 18.9. The fourth-order valence-electron chi connectivity index (χ4n) is 6.49. The molecule has 2 saturated carbocycles. The molecule has 1 aromatic carbocycles. The maximum absolute atomic E-state index is 11.5. The number of aryl methyl sites for hydroxylation is 1. The molecular formula is C26H36N2O3. The average molecular weight is 425 g/mol. The van der Waals surface area contributed by atoms with Gasteiger partial charge < -0.3 is 14.8 Å². The first-order valence-electron chi connectivity index (χ1n) is 12.2. The Morgan fingerprint density at radius 1 is 1.13 bits per heavy atom. The van der Waals surface area contributed by atoms with Crippen LogP contribution in [0.3, 0.4) is 0 Å². The van der Waals surface area contributed by atoms with Gasteiger partial charge in [0.1, 0.15) is 5.75 Å². The Bertz CT molecular complexity index is 940. The number of rotatable bonds is 6. The number of aromatic nitrogens is 1. The topological polar surface area (TPSA) is 65.6 Å². The van der Waals surface area contributed by atoms with Crippen molar-refractivity contribution in [1.29, 1.82) is 0 Å². The lowest BCUT2D eigenvalue weighted by atomic mass is 9.73. The van der Waals surface area contributed by atoms with Crippen molar-refractivity contribution >= 4 is 16.9 Å². The monoisotopic (exact) mass is 424 g/mol. The Morgan fingerprint density at radius 2 is 1.87 bits per heavy atom. The number of ether oxygens (including phenoxy) is 1. The predicted octanol–water partition coefficient (Wildman–Crippen LogP) is 5.37. The molecule has 1 saturated heterocycles. The van der Waals surface area contributed by atoms with E-state index < -0.39 is 5.97 Å². The van der Waals surface area contributed by atoms with Crippen LogP contribution >= 0.6 is 0 Å². The van der Waals surface area contributed by atoms with Crippen LogP contribution in [0.2, 0.25) is 0 Å². The van der Waals surface area contributed by atoms with Gasteiger partial charge in [0.25, 0.3) is 0 Å². The molecule has 2 atom stereocenters. The van der Waals surface area contributed by atoms with E-state index in [1.54, 1.807) is 7.11 Å². The number of carbonyl (C=O) groups is 1. The number of carboxylic acid groups (broad SMARTS) is 1. The first-order chi connectivity index (χ1) is 15.0. The molecule has 2 heterocycles. The standard InChI is InChI=1S/C26H36N2O3/c1-16-13-24(31-2)22(21-9-11-27-25(16)21)15-28-12-10-20(17-3-4-17)14-23(28)18-5-7-19(8-6-18)26(29)30/h9,11,13,17-20,23,27H,3-8,10,12,14-15H2,1-2H3,(H,29,30)/t18?,19?,20?,23-/m0/s1. The Labute approximate surface area is 185 Å². The molecule has 0 amide bonds. The van der Waals surface area contributed by atoms with E-state index in [9.17, 15) is 9.90 Å². The summed E-state index contributed by atoms with van der Waals surface area (Å²) in [5, 5.41) is 10.7. The number of hydrogen-bond donors (Lipinski definition) is 2. The Kier molecular flexibility index (Phi) is 5.72. The van der Waals surface area contributed by atoms with Crippen LogP contribution in [0.25, 0.3) is 10.9 Å². The van der Waals surface area contributed by atoms with E-state index in [4.69, 9.17) is 4.74 Å². The summed E-state index contributed by atoms with van der Waals surface area (Å²) in [6, 6.07) is 4.91. The van der Waals surface area contributed by atoms with Crippen LogP contribution < -0.4 is 4.74 Å². The van der Waals surface area contributed by atoms with Gasteiger partial charge in [-0.25, -0.2) is 0 Å². The van der Waals surface area contributed by atoms with Crippen LogP contribution in [-0.4, -0.2) is 40.7 Å². The van der Waals surface area contributed by atoms with Gasteiger partial charge in [-0.2, -0.15) is 0 Å². The second-order valence-corrected chi connectivity index (χ2v) is 10.3. The molecule has 5 rings (SSSR count). The first-order valence-corrected chi connectivity index (χ1v) is 12.2. The Morgan fingerprint density at radius 3 is 2.55 bits per heavy atom. The summed E-state index contributed by atoms with van der Waals surface area (Å²) in [4.78, 5) is 17.6. The Balaban J connectivity index is 1.40. The van der Waals surface area contributed by atoms with E-state index in [0.29, 0.717) is 12.0 Å². The zero-order valence-electron chi connectivity index (χ0n) is 18.9. The molecule has 168 valence electrons. The number of hydrogen-bond acceptors (Lipinski definition) is 3. The minimum atomic E-state index is -0.603. The highest BCUT2D eigenvalue weighted by Gasteiger charge is 2.41. The number of likely N-dealkylation sites (tertiary alicyclic amines) is 1. The lowest BCUT2D eigenvalue weighted by Gasteiger charge is -2.45. The van der Waals surface area contributed by atoms with Crippen LogP contribution in [0.15, 0.2) is 18.3 Å². The lowest BCUT2D eigenvalue weighted by molar-refractivity contribution is -0.143. The summed E-state index contributed by atoms with van der Waals surface area (Å²) in [6.07, 6.45) is 11.2. The fourth-order valence-corrected chi connectivity index (χ4v) is 6.49. The molecule has 0 bridgehead atoms. The highest BCUT2D eigenvalue weighted by Crippen LogP contribution is 2.47. The van der Waals surface area contributed by atoms with Gasteiger partial charge in [0.2, 0.25) is 0 Å².